The number of sulfonamides is 1. The van der Waals surface area contributed by atoms with E-state index in [9.17, 15) is 13.2 Å². The molecule has 0 atom stereocenters. The fraction of sp³-hybridized carbons (Fsp3) is 0.316. The quantitative estimate of drug-likeness (QED) is 0.775. The molecule has 2 aromatic rings. The lowest BCUT2D eigenvalue weighted by Crippen LogP contribution is -2.30. The molecular weight excluding hydrogens is 336 g/mol. The highest BCUT2D eigenvalue weighted by Crippen LogP contribution is 2.25. The van der Waals surface area contributed by atoms with E-state index in [1.54, 1.807) is 42.5 Å². The maximum atomic E-state index is 12.3. The van der Waals surface area contributed by atoms with E-state index >= 15 is 0 Å². The van der Waals surface area contributed by atoms with Gasteiger partial charge in [-0.15, -0.1) is 0 Å². The lowest BCUT2D eigenvalue weighted by Gasteiger charge is -2.22. The highest BCUT2D eigenvalue weighted by atomic mass is 32.2. The Labute approximate surface area is 149 Å². The Balaban J connectivity index is 2.07. The zero-order valence-corrected chi connectivity index (χ0v) is 15.6. The Morgan fingerprint density at radius 2 is 1.52 bits per heavy atom. The van der Waals surface area contributed by atoms with Gasteiger partial charge >= 0.3 is 0 Å². The minimum absolute atomic E-state index is 0.0491. The van der Waals surface area contributed by atoms with E-state index < -0.39 is 15.4 Å². The van der Waals surface area contributed by atoms with Crippen LogP contribution in [0.3, 0.4) is 0 Å². The number of carbonyl (C=O) groups excluding carboxylic acids is 1. The number of amides is 1. The third-order valence-electron chi connectivity index (χ3n) is 3.94. The SMILES string of the molecule is CCCC(C)(C)C(=O)Nc1ccc(NS(=O)(=O)c2ccccc2)cc1. The number of benzene rings is 2. The Morgan fingerprint density at radius 1 is 0.960 bits per heavy atom. The molecule has 0 aliphatic heterocycles. The van der Waals surface area contributed by atoms with Gasteiger partial charge in [0.2, 0.25) is 5.91 Å². The molecular formula is C19H24N2O3S. The standard InChI is InChI=1S/C19H24N2O3S/c1-4-14-19(2,3)18(22)20-15-10-12-16(13-11-15)21-25(23,24)17-8-6-5-7-9-17/h5-13,21H,4,14H2,1-3H3,(H,20,22). The average molecular weight is 360 g/mol. The van der Waals surface area contributed by atoms with Crippen LogP contribution < -0.4 is 10.0 Å². The maximum Gasteiger partial charge on any atom is 0.261 e. The van der Waals surface area contributed by atoms with Gasteiger partial charge in [0.15, 0.2) is 0 Å². The van der Waals surface area contributed by atoms with E-state index in [0.717, 1.165) is 12.8 Å². The van der Waals surface area contributed by atoms with Gasteiger partial charge in [-0.3, -0.25) is 9.52 Å². The van der Waals surface area contributed by atoms with Crippen molar-refractivity contribution in [2.75, 3.05) is 10.0 Å². The number of carbonyl (C=O) groups is 1. The zero-order valence-electron chi connectivity index (χ0n) is 14.7. The molecule has 2 N–H and O–H groups in total. The second-order valence-electron chi connectivity index (χ2n) is 6.58. The molecule has 25 heavy (non-hydrogen) atoms. The summed E-state index contributed by atoms with van der Waals surface area (Å²) in [6.45, 7) is 5.87. The highest BCUT2D eigenvalue weighted by Gasteiger charge is 2.26. The summed E-state index contributed by atoms with van der Waals surface area (Å²) in [4.78, 5) is 12.5. The summed E-state index contributed by atoms with van der Waals surface area (Å²) in [6.07, 6.45) is 1.73. The van der Waals surface area contributed by atoms with Crippen molar-refractivity contribution in [3.8, 4) is 0 Å². The number of hydrogen-bond acceptors (Lipinski definition) is 3. The fourth-order valence-electron chi connectivity index (χ4n) is 2.47. The number of hydrogen-bond donors (Lipinski definition) is 2. The van der Waals surface area contributed by atoms with Crippen LogP contribution in [0.15, 0.2) is 59.5 Å². The lowest BCUT2D eigenvalue weighted by atomic mass is 9.87. The van der Waals surface area contributed by atoms with Crippen molar-refractivity contribution in [1.29, 1.82) is 0 Å². The summed E-state index contributed by atoms with van der Waals surface area (Å²) in [5.74, 6) is -0.0491. The molecule has 0 fully saturated rings. The van der Waals surface area contributed by atoms with Gasteiger partial charge in [0.25, 0.3) is 10.0 Å². The second-order valence-corrected chi connectivity index (χ2v) is 8.27. The van der Waals surface area contributed by atoms with E-state index in [4.69, 9.17) is 0 Å². The number of nitrogens with one attached hydrogen (secondary N) is 2. The van der Waals surface area contributed by atoms with E-state index in [1.807, 2.05) is 20.8 Å². The lowest BCUT2D eigenvalue weighted by molar-refractivity contribution is -0.124. The Bertz CT molecular complexity index is 814. The van der Waals surface area contributed by atoms with Crippen molar-refractivity contribution in [1.82, 2.24) is 0 Å². The van der Waals surface area contributed by atoms with Crippen molar-refractivity contribution in [3.05, 3.63) is 54.6 Å². The third kappa shape index (κ3) is 5.06. The molecule has 2 aromatic carbocycles. The molecule has 0 aliphatic rings. The van der Waals surface area contributed by atoms with E-state index in [1.165, 1.54) is 12.1 Å². The molecule has 1 amide bonds. The van der Waals surface area contributed by atoms with Gasteiger partial charge in [0.1, 0.15) is 0 Å². The zero-order chi connectivity index (χ0) is 18.5. The molecule has 0 aliphatic carbocycles. The van der Waals surface area contributed by atoms with Crippen molar-refractivity contribution in [3.63, 3.8) is 0 Å². The fourth-order valence-corrected chi connectivity index (χ4v) is 3.55. The summed E-state index contributed by atoms with van der Waals surface area (Å²) in [5.41, 5.74) is 0.633. The van der Waals surface area contributed by atoms with Crippen LogP contribution in [0.25, 0.3) is 0 Å². The average Bonchev–Trinajstić information content (AvgIpc) is 2.57. The van der Waals surface area contributed by atoms with Gasteiger partial charge < -0.3 is 5.32 Å². The van der Waals surface area contributed by atoms with Gasteiger partial charge in [0, 0.05) is 16.8 Å². The van der Waals surface area contributed by atoms with Gasteiger partial charge in [-0.05, 0) is 42.8 Å². The van der Waals surface area contributed by atoms with E-state index in [2.05, 4.69) is 10.0 Å². The first-order chi connectivity index (χ1) is 11.7. The van der Waals surface area contributed by atoms with Gasteiger partial charge in [-0.1, -0.05) is 45.4 Å². The number of anilines is 2. The highest BCUT2D eigenvalue weighted by molar-refractivity contribution is 7.92. The minimum Gasteiger partial charge on any atom is -0.326 e. The van der Waals surface area contributed by atoms with Gasteiger partial charge in [0.05, 0.1) is 4.90 Å². The first kappa shape index (κ1) is 19.0. The van der Waals surface area contributed by atoms with Crippen molar-refractivity contribution >= 4 is 27.3 Å². The van der Waals surface area contributed by atoms with Crippen LogP contribution in [0.5, 0.6) is 0 Å². The van der Waals surface area contributed by atoms with Crippen LogP contribution in [0.2, 0.25) is 0 Å². The molecule has 0 radical (unpaired) electrons. The smallest absolute Gasteiger partial charge is 0.261 e. The molecule has 0 spiro atoms. The molecule has 134 valence electrons. The monoisotopic (exact) mass is 360 g/mol. The van der Waals surface area contributed by atoms with Crippen molar-refractivity contribution < 1.29 is 13.2 Å². The molecule has 6 heteroatoms. The summed E-state index contributed by atoms with van der Waals surface area (Å²) in [6, 6.07) is 14.8. The minimum atomic E-state index is -3.62. The summed E-state index contributed by atoms with van der Waals surface area (Å²) in [7, 11) is -3.62. The molecule has 5 nitrogen and oxygen atoms in total. The normalized spacial score (nSPS) is 11.8. The molecule has 0 heterocycles. The first-order valence-corrected chi connectivity index (χ1v) is 9.72. The molecule has 0 saturated heterocycles. The third-order valence-corrected chi connectivity index (χ3v) is 5.34. The molecule has 0 aromatic heterocycles. The summed E-state index contributed by atoms with van der Waals surface area (Å²) >= 11 is 0. The Morgan fingerprint density at radius 3 is 2.08 bits per heavy atom. The maximum absolute atomic E-state index is 12.3. The largest absolute Gasteiger partial charge is 0.326 e. The van der Waals surface area contributed by atoms with Crippen LogP contribution in [-0.2, 0) is 14.8 Å². The second kappa shape index (κ2) is 7.70. The Hall–Kier alpha value is -2.34. The number of rotatable bonds is 7. The molecule has 2 rings (SSSR count). The topological polar surface area (TPSA) is 75.3 Å². The summed E-state index contributed by atoms with van der Waals surface area (Å²) in [5, 5.41) is 2.87. The first-order valence-electron chi connectivity index (χ1n) is 8.24. The van der Waals surface area contributed by atoms with Crippen LogP contribution in [0.4, 0.5) is 11.4 Å². The van der Waals surface area contributed by atoms with Crippen molar-refractivity contribution in [2.24, 2.45) is 5.41 Å². The van der Waals surface area contributed by atoms with Crippen LogP contribution in [0.1, 0.15) is 33.6 Å². The van der Waals surface area contributed by atoms with Gasteiger partial charge in [-0.25, -0.2) is 8.42 Å². The predicted octanol–water partition coefficient (Wildman–Crippen LogP) is 4.25. The predicted molar refractivity (Wildman–Crippen MR) is 101 cm³/mol. The Kier molecular flexibility index (Phi) is 5.85. The van der Waals surface area contributed by atoms with E-state index in [-0.39, 0.29) is 10.8 Å². The molecule has 0 unspecified atom stereocenters. The molecule has 0 saturated carbocycles. The van der Waals surface area contributed by atoms with Crippen LogP contribution in [0, 0.1) is 5.41 Å². The van der Waals surface area contributed by atoms with Gasteiger partial charge in [-0.2, -0.15) is 0 Å². The van der Waals surface area contributed by atoms with Crippen molar-refractivity contribution in [2.45, 2.75) is 38.5 Å². The van der Waals surface area contributed by atoms with Crippen LogP contribution in [-0.4, -0.2) is 14.3 Å². The van der Waals surface area contributed by atoms with Crippen LogP contribution >= 0.6 is 0 Å². The summed E-state index contributed by atoms with van der Waals surface area (Å²) < 4.78 is 27.1. The van der Waals surface area contributed by atoms with E-state index in [0.29, 0.717) is 11.4 Å². The molecule has 0 bridgehead atoms.